The second-order valence-electron chi connectivity index (χ2n) is 6.26. The Morgan fingerprint density at radius 1 is 1.21 bits per heavy atom. The Balaban J connectivity index is 0.00000180. The van der Waals surface area contributed by atoms with Crippen LogP contribution in [0.4, 0.5) is 0 Å². The van der Waals surface area contributed by atoms with Crippen molar-refractivity contribution in [1.29, 1.82) is 0 Å². The van der Waals surface area contributed by atoms with Crippen LogP contribution in [0.25, 0.3) is 0 Å². The van der Waals surface area contributed by atoms with Crippen LogP contribution in [-0.4, -0.2) is 36.1 Å². The van der Waals surface area contributed by atoms with E-state index >= 15 is 0 Å². The Morgan fingerprint density at radius 3 is 2.47 bits per heavy atom. The van der Waals surface area contributed by atoms with E-state index in [0.29, 0.717) is 10.2 Å². The van der Waals surface area contributed by atoms with Crippen LogP contribution in [0.1, 0.15) is 46.5 Å². The third-order valence-electron chi connectivity index (χ3n) is 4.00. The molecule has 1 aliphatic heterocycles. The van der Waals surface area contributed by atoms with Crippen molar-refractivity contribution in [2.24, 2.45) is 10.4 Å². The fraction of sp³-hybridized carbons (Fsp3) is 0.929. The van der Waals surface area contributed by atoms with Gasteiger partial charge in [-0.3, -0.25) is 4.99 Å². The number of thioether (sulfide) groups is 1. The van der Waals surface area contributed by atoms with Crippen molar-refractivity contribution in [3.8, 4) is 0 Å². The standard InChI is InChI=1S/C14H27N3S.HI/c1-4-15-12(16-10-13(2)7-8-13)17-11-14(3)6-5-9-18-14;/h4-11H2,1-3H3,(H2,15,16,17);1H. The lowest BCUT2D eigenvalue weighted by atomic mass is 10.1. The molecule has 0 spiro atoms. The van der Waals surface area contributed by atoms with Crippen LogP contribution in [0.15, 0.2) is 4.99 Å². The topological polar surface area (TPSA) is 36.4 Å². The van der Waals surface area contributed by atoms with Gasteiger partial charge in [0.2, 0.25) is 0 Å². The summed E-state index contributed by atoms with van der Waals surface area (Å²) in [6.45, 7) is 9.75. The van der Waals surface area contributed by atoms with Gasteiger partial charge in [-0.1, -0.05) is 6.92 Å². The van der Waals surface area contributed by atoms with E-state index in [9.17, 15) is 0 Å². The average molecular weight is 397 g/mol. The molecule has 2 N–H and O–H groups in total. The molecule has 2 aliphatic rings. The van der Waals surface area contributed by atoms with Gasteiger partial charge in [-0.2, -0.15) is 11.8 Å². The average Bonchev–Trinajstić information content (AvgIpc) is 2.92. The van der Waals surface area contributed by atoms with Crippen molar-refractivity contribution in [3.05, 3.63) is 0 Å². The molecule has 1 saturated heterocycles. The second-order valence-corrected chi connectivity index (χ2v) is 7.94. The summed E-state index contributed by atoms with van der Waals surface area (Å²) in [5.74, 6) is 2.31. The van der Waals surface area contributed by atoms with Gasteiger partial charge >= 0.3 is 0 Å². The van der Waals surface area contributed by atoms with Crippen LogP contribution in [-0.2, 0) is 0 Å². The highest BCUT2D eigenvalue weighted by Crippen LogP contribution is 2.45. The minimum absolute atomic E-state index is 0. The second kappa shape index (κ2) is 7.38. The molecule has 19 heavy (non-hydrogen) atoms. The van der Waals surface area contributed by atoms with Crippen LogP contribution in [0.5, 0.6) is 0 Å². The van der Waals surface area contributed by atoms with Gasteiger partial charge in [0.1, 0.15) is 0 Å². The first kappa shape index (κ1) is 17.4. The number of rotatable bonds is 5. The molecule has 1 heterocycles. The number of hydrogen-bond acceptors (Lipinski definition) is 2. The van der Waals surface area contributed by atoms with Gasteiger partial charge in [-0.15, -0.1) is 24.0 Å². The highest BCUT2D eigenvalue weighted by molar-refractivity contribution is 14.0. The number of nitrogens with zero attached hydrogens (tertiary/aromatic N) is 1. The van der Waals surface area contributed by atoms with Crippen molar-refractivity contribution in [2.45, 2.75) is 51.2 Å². The van der Waals surface area contributed by atoms with E-state index in [4.69, 9.17) is 4.99 Å². The van der Waals surface area contributed by atoms with Crippen LogP contribution in [0, 0.1) is 5.41 Å². The van der Waals surface area contributed by atoms with Crippen molar-refractivity contribution in [1.82, 2.24) is 10.6 Å². The molecule has 0 aromatic heterocycles. The molecule has 2 fully saturated rings. The summed E-state index contributed by atoms with van der Waals surface area (Å²) in [6.07, 6.45) is 5.35. The van der Waals surface area contributed by atoms with Crippen LogP contribution < -0.4 is 10.6 Å². The summed E-state index contributed by atoms with van der Waals surface area (Å²) in [5, 5.41) is 6.88. The van der Waals surface area contributed by atoms with Crippen LogP contribution in [0.3, 0.4) is 0 Å². The molecule has 0 aromatic carbocycles. The molecule has 0 amide bonds. The molecule has 0 bridgehead atoms. The minimum atomic E-state index is 0. The number of hydrogen-bond donors (Lipinski definition) is 2. The normalized spacial score (nSPS) is 28.7. The molecule has 3 nitrogen and oxygen atoms in total. The molecular weight excluding hydrogens is 369 g/mol. The number of aliphatic imine (C=N–C) groups is 1. The molecule has 1 atom stereocenters. The third kappa shape index (κ3) is 5.69. The van der Waals surface area contributed by atoms with Crippen molar-refractivity contribution >= 4 is 41.7 Å². The predicted octanol–water partition coefficient (Wildman–Crippen LogP) is 3.25. The Labute approximate surface area is 139 Å². The van der Waals surface area contributed by atoms with E-state index in [-0.39, 0.29) is 24.0 Å². The summed E-state index contributed by atoms with van der Waals surface area (Å²) in [6, 6.07) is 0. The Bertz CT molecular complexity index is 310. The van der Waals surface area contributed by atoms with Gasteiger partial charge in [-0.25, -0.2) is 0 Å². The lowest BCUT2D eigenvalue weighted by molar-refractivity contribution is 0.569. The monoisotopic (exact) mass is 397 g/mol. The molecule has 1 unspecified atom stereocenters. The zero-order chi connectivity index (χ0) is 13.1. The minimum Gasteiger partial charge on any atom is -0.357 e. The maximum Gasteiger partial charge on any atom is 0.191 e. The van der Waals surface area contributed by atoms with Crippen molar-refractivity contribution in [2.75, 3.05) is 25.4 Å². The molecule has 2 rings (SSSR count). The molecule has 112 valence electrons. The number of nitrogens with one attached hydrogen (secondary N) is 2. The highest BCUT2D eigenvalue weighted by atomic mass is 127. The predicted molar refractivity (Wildman–Crippen MR) is 96.8 cm³/mol. The lowest BCUT2D eigenvalue weighted by Crippen LogP contribution is -2.43. The summed E-state index contributed by atoms with van der Waals surface area (Å²) < 4.78 is 0.402. The maximum absolute atomic E-state index is 4.72. The lowest BCUT2D eigenvalue weighted by Gasteiger charge is -2.24. The largest absolute Gasteiger partial charge is 0.357 e. The van der Waals surface area contributed by atoms with Gasteiger partial charge in [0, 0.05) is 24.4 Å². The van der Waals surface area contributed by atoms with E-state index in [0.717, 1.165) is 25.6 Å². The third-order valence-corrected chi connectivity index (χ3v) is 5.54. The number of halogens is 1. The molecule has 1 saturated carbocycles. The van der Waals surface area contributed by atoms with E-state index < -0.39 is 0 Å². The van der Waals surface area contributed by atoms with E-state index in [1.54, 1.807) is 0 Å². The molecule has 5 heteroatoms. The molecule has 1 aliphatic carbocycles. The Morgan fingerprint density at radius 2 is 1.95 bits per heavy atom. The van der Waals surface area contributed by atoms with Crippen LogP contribution in [0.2, 0.25) is 0 Å². The summed E-state index contributed by atoms with van der Waals surface area (Å²) in [7, 11) is 0. The summed E-state index contributed by atoms with van der Waals surface area (Å²) >= 11 is 2.10. The van der Waals surface area contributed by atoms with Gasteiger partial charge < -0.3 is 10.6 Å². The van der Waals surface area contributed by atoms with E-state index in [2.05, 4.69) is 43.2 Å². The summed E-state index contributed by atoms with van der Waals surface area (Å²) in [5.41, 5.74) is 0.494. The van der Waals surface area contributed by atoms with E-state index in [1.165, 1.54) is 31.4 Å². The Hall–Kier alpha value is 0.350. The van der Waals surface area contributed by atoms with Gasteiger partial charge in [0.25, 0.3) is 0 Å². The fourth-order valence-electron chi connectivity index (χ4n) is 2.23. The zero-order valence-corrected chi connectivity index (χ0v) is 15.6. The zero-order valence-electron chi connectivity index (χ0n) is 12.4. The SMILES string of the molecule is CCNC(=NCC1(C)CC1)NCC1(C)CCCS1.I. The van der Waals surface area contributed by atoms with Gasteiger partial charge in [0.15, 0.2) is 5.96 Å². The van der Waals surface area contributed by atoms with Crippen LogP contribution >= 0.6 is 35.7 Å². The smallest absolute Gasteiger partial charge is 0.191 e. The highest BCUT2D eigenvalue weighted by Gasteiger charge is 2.37. The number of guanidine groups is 1. The van der Waals surface area contributed by atoms with Gasteiger partial charge in [-0.05, 0) is 50.7 Å². The van der Waals surface area contributed by atoms with E-state index in [1.807, 2.05) is 0 Å². The van der Waals surface area contributed by atoms with Crippen molar-refractivity contribution in [3.63, 3.8) is 0 Å². The first-order chi connectivity index (χ1) is 8.55. The summed E-state index contributed by atoms with van der Waals surface area (Å²) in [4.78, 5) is 4.72. The molecular formula is C14H28IN3S. The van der Waals surface area contributed by atoms with Gasteiger partial charge in [0.05, 0.1) is 0 Å². The first-order valence-electron chi connectivity index (χ1n) is 7.21. The quantitative estimate of drug-likeness (QED) is 0.425. The first-order valence-corrected chi connectivity index (χ1v) is 8.20. The fourth-order valence-corrected chi connectivity index (χ4v) is 3.47. The molecule has 0 aromatic rings. The molecule has 0 radical (unpaired) electrons. The maximum atomic E-state index is 4.72. The van der Waals surface area contributed by atoms with Crippen molar-refractivity contribution < 1.29 is 0 Å². The Kier molecular flexibility index (Phi) is 6.76.